The van der Waals surface area contributed by atoms with Crippen LogP contribution in [-0.4, -0.2) is 22.6 Å². The van der Waals surface area contributed by atoms with Crippen molar-refractivity contribution < 1.29 is 18.1 Å². The van der Waals surface area contributed by atoms with Gasteiger partial charge in [0.05, 0.1) is 6.26 Å². The number of carbonyl (C=O) groups is 1. The van der Waals surface area contributed by atoms with Crippen LogP contribution in [0.2, 0.25) is 0 Å². The Bertz CT molecular complexity index is 768. The van der Waals surface area contributed by atoms with E-state index in [9.17, 15) is 9.18 Å². The lowest BCUT2D eigenvalue weighted by molar-refractivity contribution is 0.0953. The zero-order valence-electron chi connectivity index (χ0n) is 11.5. The fraction of sp³-hybridized carbons (Fsp3) is 0.133. The molecule has 112 valence electrons. The molecule has 1 amide bonds. The Morgan fingerprint density at radius 1 is 1.27 bits per heavy atom. The molecule has 0 atom stereocenters. The predicted octanol–water partition coefficient (Wildman–Crippen LogP) is 2.44. The molecule has 3 aromatic rings. The number of nitrogens with one attached hydrogen (secondary N) is 1. The Morgan fingerprint density at radius 3 is 2.95 bits per heavy atom. The summed E-state index contributed by atoms with van der Waals surface area (Å²) in [6, 6.07) is 8.94. The summed E-state index contributed by atoms with van der Waals surface area (Å²) in [6.45, 7) is 0.301. The van der Waals surface area contributed by atoms with Crippen LogP contribution in [0.3, 0.4) is 0 Å². The number of carbonyl (C=O) groups excluding carboxylic acids is 1. The Kier molecular flexibility index (Phi) is 3.95. The lowest BCUT2D eigenvalue weighted by Crippen LogP contribution is -2.25. The van der Waals surface area contributed by atoms with E-state index in [1.165, 1.54) is 24.5 Å². The van der Waals surface area contributed by atoms with Crippen LogP contribution in [0.4, 0.5) is 4.39 Å². The molecule has 0 aliphatic carbocycles. The fourth-order valence-electron chi connectivity index (χ4n) is 1.88. The third-order valence-corrected chi connectivity index (χ3v) is 2.92. The highest BCUT2D eigenvalue weighted by atomic mass is 19.1. The number of benzene rings is 1. The molecule has 0 aliphatic heterocycles. The van der Waals surface area contributed by atoms with Gasteiger partial charge >= 0.3 is 0 Å². The van der Waals surface area contributed by atoms with Crippen molar-refractivity contribution >= 4 is 5.91 Å². The monoisotopic (exact) mass is 301 g/mol. The van der Waals surface area contributed by atoms with Crippen LogP contribution in [0.5, 0.6) is 0 Å². The number of hydrogen-bond donors (Lipinski definition) is 1. The van der Waals surface area contributed by atoms with Gasteiger partial charge in [-0.05, 0) is 30.3 Å². The third-order valence-electron chi connectivity index (χ3n) is 2.92. The molecule has 0 aliphatic rings. The maximum absolute atomic E-state index is 13.0. The van der Waals surface area contributed by atoms with Gasteiger partial charge in [-0.15, -0.1) is 0 Å². The number of amides is 1. The smallest absolute Gasteiger partial charge is 0.251 e. The molecule has 1 N–H and O–H groups in total. The summed E-state index contributed by atoms with van der Waals surface area (Å²) in [6.07, 6.45) is 1.89. The van der Waals surface area contributed by atoms with Gasteiger partial charge in [0.2, 0.25) is 11.7 Å². The number of furan rings is 1. The van der Waals surface area contributed by atoms with E-state index in [0.717, 1.165) is 0 Å². The molecule has 2 aromatic heterocycles. The summed E-state index contributed by atoms with van der Waals surface area (Å²) in [5.41, 5.74) is 0.266. The van der Waals surface area contributed by atoms with Gasteiger partial charge < -0.3 is 14.3 Å². The normalized spacial score (nSPS) is 10.6. The summed E-state index contributed by atoms with van der Waals surface area (Å²) in [7, 11) is 0. The van der Waals surface area contributed by atoms with E-state index in [1.54, 1.807) is 18.2 Å². The fourth-order valence-corrected chi connectivity index (χ4v) is 1.88. The van der Waals surface area contributed by atoms with Crippen molar-refractivity contribution in [3.8, 4) is 11.6 Å². The Hall–Kier alpha value is -2.96. The minimum atomic E-state index is -0.451. The summed E-state index contributed by atoms with van der Waals surface area (Å²) < 4.78 is 23.2. The summed E-state index contributed by atoms with van der Waals surface area (Å²) in [5.74, 6) is 0.444. The summed E-state index contributed by atoms with van der Waals surface area (Å²) in [4.78, 5) is 16.0. The zero-order valence-corrected chi connectivity index (χ0v) is 11.5. The molecule has 1 aromatic carbocycles. The average molecular weight is 301 g/mol. The number of aromatic nitrogens is 2. The lowest BCUT2D eigenvalue weighted by atomic mass is 10.2. The van der Waals surface area contributed by atoms with Crippen LogP contribution < -0.4 is 5.32 Å². The van der Waals surface area contributed by atoms with Gasteiger partial charge in [-0.2, -0.15) is 4.98 Å². The molecule has 7 heteroatoms. The van der Waals surface area contributed by atoms with Crippen molar-refractivity contribution in [1.82, 2.24) is 15.5 Å². The maximum Gasteiger partial charge on any atom is 0.251 e. The topological polar surface area (TPSA) is 81.2 Å². The van der Waals surface area contributed by atoms with Gasteiger partial charge in [-0.25, -0.2) is 4.39 Å². The van der Waals surface area contributed by atoms with E-state index in [2.05, 4.69) is 15.5 Å². The second-order valence-corrected chi connectivity index (χ2v) is 4.51. The van der Waals surface area contributed by atoms with Crippen LogP contribution in [0.1, 0.15) is 16.2 Å². The molecule has 0 spiro atoms. The van der Waals surface area contributed by atoms with Crippen molar-refractivity contribution in [2.75, 3.05) is 6.54 Å². The Labute approximate surface area is 124 Å². The van der Waals surface area contributed by atoms with Crippen molar-refractivity contribution in [3.05, 3.63) is 59.9 Å². The van der Waals surface area contributed by atoms with Crippen LogP contribution in [-0.2, 0) is 6.42 Å². The van der Waals surface area contributed by atoms with E-state index in [4.69, 9.17) is 8.94 Å². The highest BCUT2D eigenvalue weighted by Gasteiger charge is 2.11. The maximum atomic E-state index is 13.0. The number of rotatable bonds is 5. The minimum absolute atomic E-state index is 0.266. The molecular formula is C15H12FN3O3. The summed E-state index contributed by atoms with van der Waals surface area (Å²) in [5, 5.41) is 6.45. The van der Waals surface area contributed by atoms with Crippen molar-refractivity contribution in [2.45, 2.75) is 6.42 Å². The Morgan fingerprint density at radius 2 is 2.18 bits per heavy atom. The average Bonchev–Trinajstić information content (AvgIpc) is 3.18. The number of hydrogen-bond acceptors (Lipinski definition) is 5. The SMILES string of the molecule is O=C(NCCc1nc(-c2ccco2)no1)c1cccc(F)c1. The molecule has 22 heavy (non-hydrogen) atoms. The Balaban J connectivity index is 1.54. The first-order valence-corrected chi connectivity index (χ1v) is 6.62. The highest BCUT2D eigenvalue weighted by Crippen LogP contribution is 2.15. The van der Waals surface area contributed by atoms with Gasteiger partial charge in [0.15, 0.2) is 5.76 Å². The zero-order chi connectivity index (χ0) is 15.4. The molecule has 0 saturated carbocycles. The molecule has 0 radical (unpaired) electrons. The quantitative estimate of drug-likeness (QED) is 0.782. The van der Waals surface area contributed by atoms with E-state index >= 15 is 0 Å². The van der Waals surface area contributed by atoms with Crippen LogP contribution in [0.25, 0.3) is 11.6 Å². The molecule has 0 fully saturated rings. The number of halogens is 1. The molecule has 0 saturated heterocycles. The van der Waals surface area contributed by atoms with Crippen LogP contribution in [0.15, 0.2) is 51.6 Å². The molecule has 0 unspecified atom stereocenters. The second-order valence-electron chi connectivity index (χ2n) is 4.51. The minimum Gasteiger partial charge on any atom is -0.461 e. The first-order valence-electron chi connectivity index (χ1n) is 6.62. The van der Waals surface area contributed by atoms with Crippen LogP contribution >= 0.6 is 0 Å². The van der Waals surface area contributed by atoms with Crippen molar-refractivity contribution in [2.24, 2.45) is 0 Å². The molecule has 3 rings (SSSR count). The summed E-state index contributed by atoms with van der Waals surface area (Å²) >= 11 is 0. The standard InChI is InChI=1S/C15H12FN3O3/c16-11-4-1-3-10(9-11)15(20)17-7-6-13-18-14(19-22-13)12-5-2-8-21-12/h1-5,8-9H,6-7H2,(H,17,20). The van der Waals surface area contributed by atoms with Gasteiger partial charge in [-0.1, -0.05) is 11.2 Å². The first kappa shape index (κ1) is 14.0. The van der Waals surface area contributed by atoms with E-state index in [0.29, 0.717) is 30.4 Å². The second kappa shape index (κ2) is 6.21. The molecular weight excluding hydrogens is 289 g/mol. The van der Waals surface area contributed by atoms with Gasteiger partial charge in [-0.3, -0.25) is 4.79 Å². The highest BCUT2D eigenvalue weighted by molar-refractivity contribution is 5.94. The van der Waals surface area contributed by atoms with E-state index in [1.807, 2.05) is 0 Å². The van der Waals surface area contributed by atoms with Crippen LogP contribution in [0, 0.1) is 5.82 Å². The molecule has 2 heterocycles. The largest absolute Gasteiger partial charge is 0.461 e. The molecule has 6 nitrogen and oxygen atoms in total. The predicted molar refractivity (Wildman–Crippen MR) is 74.4 cm³/mol. The molecule has 0 bridgehead atoms. The van der Waals surface area contributed by atoms with Crippen molar-refractivity contribution in [1.29, 1.82) is 0 Å². The van der Waals surface area contributed by atoms with Crippen molar-refractivity contribution in [3.63, 3.8) is 0 Å². The van der Waals surface area contributed by atoms with Gasteiger partial charge in [0.25, 0.3) is 5.91 Å². The van der Waals surface area contributed by atoms with Gasteiger partial charge in [0.1, 0.15) is 5.82 Å². The first-order chi connectivity index (χ1) is 10.7. The van der Waals surface area contributed by atoms with E-state index in [-0.39, 0.29) is 11.5 Å². The number of nitrogens with zero attached hydrogens (tertiary/aromatic N) is 2. The van der Waals surface area contributed by atoms with E-state index < -0.39 is 5.82 Å². The lowest BCUT2D eigenvalue weighted by Gasteiger charge is -2.03. The van der Waals surface area contributed by atoms with Gasteiger partial charge in [0, 0.05) is 18.5 Å². The third kappa shape index (κ3) is 3.20.